The third kappa shape index (κ3) is 4.97. The minimum atomic E-state index is 0.347. The van der Waals surface area contributed by atoms with E-state index < -0.39 is 0 Å². The van der Waals surface area contributed by atoms with E-state index in [1.165, 1.54) is 15.8 Å². The van der Waals surface area contributed by atoms with E-state index >= 15 is 0 Å². The van der Waals surface area contributed by atoms with Gasteiger partial charge in [-0.2, -0.15) is 0 Å². The van der Waals surface area contributed by atoms with Crippen LogP contribution in [0.3, 0.4) is 0 Å². The first-order valence-electron chi connectivity index (χ1n) is 6.48. The molecule has 5 heteroatoms. The van der Waals surface area contributed by atoms with Gasteiger partial charge in [0.25, 0.3) is 0 Å². The van der Waals surface area contributed by atoms with Gasteiger partial charge in [0.1, 0.15) is 0 Å². The van der Waals surface area contributed by atoms with Gasteiger partial charge in [0.05, 0.1) is 12.7 Å². The Morgan fingerprint density at radius 1 is 1.56 bits per heavy atom. The van der Waals surface area contributed by atoms with E-state index in [9.17, 15) is 0 Å². The number of hydrogen-bond donors (Lipinski definition) is 1. The number of nitrogens with one attached hydrogen (secondary N) is 1. The van der Waals surface area contributed by atoms with Crippen molar-refractivity contribution in [3.05, 3.63) is 20.8 Å². The largest absolute Gasteiger partial charge is 0.379 e. The molecule has 1 N–H and O–H groups in total. The Balaban J connectivity index is 1.43. The van der Waals surface area contributed by atoms with Crippen LogP contribution >= 0.6 is 27.3 Å². The van der Waals surface area contributed by atoms with Gasteiger partial charge in [0.15, 0.2) is 0 Å². The molecule has 2 rings (SSSR count). The summed E-state index contributed by atoms with van der Waals surface area (Å²) in [6.07, 6.45) is 3.74. The molecular formula is C13H20BrNO2S. The summed E-state index contributed by atoms with van der Waals surface area (Å²) < 4.78 is 12.3. The van der Waals surface area contributed by atoms with E-state index in [0.29, 0.717) is 6.10 Å². The molecule has 1 aromatic rings. The Morgan fingerprint density at radius 2 is 2.50 bits per heavy atom. The van der Waals surface area contributed by atoms with Gasteiger partial charge in [-0.3, -0.25) is 0 Å². The molecule has 0 spiro atoms. The van der Waals surface area contributed by atoms with Crippen molar-refractivity contribution in [2.75, 3.05) is 26.4 Å². The minimum Gasteiger partial charge on any atom is -0.379 e. The Morgan fingerprint density at radius 3 is 3.22 bits per heavy atom. The summed E-state index contributed by atoms with van der Waals surface area (Å²) in [6, 6.07) is 2.09. The highest BCUT2D eigenvalue weighted by Gasteiger charge is 2.14. The number of ether oxygens (including phenoxy) is 2. The van der Waals surface area contributed by atoms with Crippen molar-refractivity contribution in [3.63, 3.8) is 0 Å². The Kier molecular flexibility index (Phi) is 6.65. The summed E-state index contributed by atoms with van der Waals surface area (Å²) in [5, 5.41) is 5.53. The fourth-order valence-corrected chi connectivity index (χ4v) is 3.41. The maximum absolute atomic E-state index is 5.61. The zero-order chi connectivity index (χ0) is 12.6. The van der Waals surface area contributed by atoms with Crippen LogP contribution in [0.5, 0.6) is 0 Å². The molecule has 1 fully saturated rings. The summed E-state index contributed by atoms with van der Waals surface area (Å²) >= 11 is 5.31. The lowest BCUT2D eigenvalue weighted by molar-refractivity contribution is 0.0166. The van der Waals surface area contributed by atoms with Gasteiger partial charge in [-0.25, -0.2) is 0 Å². The fraction of sp³-hybridized carbons (Fsp3) is 0.692. The molecule has 1 aliphatic rings. The molecule has 0 radical (unpaired) electrons. The number of rotatable bonds is 8. The monoisotopic (exact) mass is 333 g/mol. The van der Waals surface area contributed by atoms with Crippen molar-refractivity contribution in [1.82, 2.24) is 5.32 Å². The molecule has 0 bridgehead atoms. The Bertz CT molecular complexity index is 339. The van der Waals surface area contributed by atoms with E-state index in [1.807, 2.05) is 0 Å². The molecule has 2 heterocycles. The normalized spacial score (nSPS) is 19.5. The number of halogens is 1. The lowest BCUT2D eigenvalue weighted by Gasteiger charge is -2.10. The van der Waals surface area contributed by atoms with Crippen LogP contribution < -0.4 is 5.32 Å². The third-order valence-electron chi connectivity index (χ3n) is 2.95. The highest BCUT2D eigenvalue weighted by Crippen LogP contribution is 2.22. The van der Waals surface area contributed by atoms with Gasteiger partial charge >= 0.3 is 0 Å². The van der Waals surface area contributed by atoms with Crippen LogP contribution in [0.15, 0.2) is 15.9 Å². The summed E-state index contributed by atoms with van der Waals surface area (Å²) in [5.74, 6) is 0. The Labute approximate surface area is 121 Å². The average molecular weight is 334 g/mol. The van der Waals surface area contributed by atoms with Crippen molar-refractivity contribution in [1.29, 1.82) is 0 Å². The van der Waals surface area contributed by atoms with Crippen LogP contribution in [-0.4, -0.2) is 32.5 Å². The second-order valence-corrected chi connectivity index (χ2v) is 6.29. The summed E-state index contributed by atoms with van der Waals surface area (Å²) in [6.45, 7) is 4.42. The van der Waals surface area contributed by atoms with Crippen molar-refractivity contribution in [2.45, 2.75) is 31.9 Å². The first kappa shape index (κ1) is 14.5. The van der Waals surface area contributed by atoms with Gasteiger partial charge in [-0.05, 0) is 53.2 Å². The van der Waals surface area contributed by atoms with Crippen molar-refractivity contribution >= 4 is 27.3 Å². The van der Waals surface area contributed by atoms with Crippen LogP contribution in [0.4, 0.5) is 0 Å². The predicted octanol–water partition coefficient (Wildman–Crippen LogP) is 3.19. The van der Waals surface area contributed by atoms with Crippen LogP contribution in [0.25, 0.3) is 0 Å². The number of hydrogen-bond acceptors (Lipinski definition) is 4. The molecule has 1 aliphatic heterocycles. The topological polar surface area (TPSA) is 30.5 Å². The van der Waals surface area contributed by atoms with Crippen molar-refractivity contribution < 1.29 is 9.47 Å². The van der Waals surface area contributed by atoms with Gasteiger partial charge in [0.2, 0.25) is 0 Å². The summed E-state index contributed by atoms with van der Waals surface area (Å²) in [7, 11) is 0. The van der Waals surface area contributed by atoms with Gasteiger partial charge in [-0.15, -0.1) is 11.3 Å². The van der Waals surface area contributed by atoms with Crippen LogP contribution in [0.2, 0.25) is 0 Å². The summed E-state index contributed by atoms with van der Waals surface area (Å²) in [4.78, 5) is 1.36. The molecule has 1 atom stereocenters. The van der Waals surface area contributed by atoms with Gasteiger partial charge < -0.3 is 14.8 Å². The third-order valence-corrected chi connectivity index (χ3v) is 4.87. The molecule has 0 amide bonds. The second-order valence-electron chi connectivity index (χ2n) is 4.43. The molecule has 1 saturated heterocycles. The van der Waals surface area contributed by atoms with E-state index in [2.05, 4.69) is 32.7 Å². The van der Waals surface area contributed by atoms with Crippen LogP contribution in [0, 0.1) is 0 Å². The Hall–Kier alpha value is 0.0600. The fourth-order valence-electron chi connectivity index (χ4n) is 1.94. The summed E-state index contributed by atoms with van der Waals surface area (Å²) in [5.41, 5.74) is 0. The van der Waals surface area contributed by atoms with Crippen molar-refractivity contribution in [3.8, 4) is 0 Å². The maximum Gasteiger partial charge on any atom is 0.0809 e. The molecule has 102 valence electrons. The predicted molar refractivity (Wildman–Crippen MR) is 78.1 cm³/mol. The maximum atomic E-state index is 5.61. The zero-order valence-corrected chi connectivity index (χ0v) is 12.9. The van der Waals surface area contributed by atoms with Gasteiger partial charge in [0, 0.05) is 29.1 Å². The molecule has 0 aromatic carbocycles. The van der Waals surface area contributed by atoms with E-state index in [4.69, 9.17) is 9.47 Å². The number of thiophene rings is 1. The quantitative estimate of drug-likeness (QED) is 0.741. The smallest absolute Gasteiger partial charge is 0.0809 e. The van der Waals surface area contributed by atoms with E-state index in [-0.39, 0.29) is 0 Å². The molecule has 18 heavy (non-hydrogen) atoms. The second kappa shape index (κ2) is 8.27. The molecule has 1 aromatic heterocycles. The molecule has 0 aliphatic carbocycles. The molecule has 0 saturated carbocycles. The lowest BCUT2D eigenvalue weighted by Crippen LogP contribution is -2.18. The highest BCUT2D eigenvalue weighted by molar-refractivity contribution is 9.10. The van der Waals surface area contributed by atoms with Crippen LogP contribution in [0.1, 0.15) is 24.1 Å². The SMILES string of the molecule is Brc1ccsc1CNCCCOCC1CCCO1. The zero-order valence-electron chi connectivity index (χ0n) is 10.5. The molecular weight excluding hydrogens is 314 g/mol. The molecule has 3 nitrogen and oxygen atoms in total. The first-order valence-corrected chi connectivity index (χ1v) is 8.15. The lowest BCUT2D eigenvalue weighted by atomic mass is 10.2. The van der Waals surface area contributed by atoms with E-state index in [0.717, 1.165) is 45.8 Å². The molecule has 1 unspecified atom stereocenters. The highest BCUT2D eigenvalue weighted by atomic mass is 79.9. The average Bonchev–Trinajstić information content (AvgIpc) is 3.00. The standard InChI is InChI=1S/C13H20BrNO2S/c14-12-4-8-18-13(12)9-15-5-2-6-16-10-11-3-1-7-17-11/h4,8,11,15H,1-3,5-7,9-10H2. The van der Waals surface area contributed by atoms with Crippen LogP contribution in [-0.2, 0) is 16.0 Å². The van der Waals surface area contributed by atoms with E-state index in [1.54, 1.807) is 11.3 Å². The van der Waals surface area contributed by atoms with Crippen molar-refractivity contribution in [2.24, 2.45) is 0 Å². The first-order chi connectivity index (χ1) is 8.86. The minimum absolute atomic E-state index is 0.347. The van der Waals surface area contributed by atoms with Gasteiger partial charge in [-0.1, -0.05) is 0 Å².